The molecule has 0 aliphatic heterocycles. The molecule has 0 aliphatic carbocycles. The van der Waals surface area contributed by atoms with E-state index in [4.69, 9.17) is 18.9 Å². The van der Waals surface area contributed by atoms with Gasteiger partial charge in [-0.1, -0.05) is 75.0 Å². The number of benzene rings is 3. The van der Waals surface area contributed by atoms with Crippen LogP contribution in [0.5, 0.6) is 0 Å². The molecule has 0 fully saturated rings. The van der Waals surface area contributed by atoms with E-state index in [0.717, 1.165) is 49.9 Å². The number of hydrogen-bond donors (Lipinski definition) is 1. The predicted molar refractivity (Wildman–Crippen MR) is 166 cm³/mol. The molecule has 0 spiro atoms. The molecule has 0 unspecified atom stereocenters. The van der Waals surface area contributed by atoms with Crippen LogP contribution in [0.4, 0.5) is 0 Å². The molecule has 0 saturated heterocycles. The second-order valence-electron chi connectivity index (χ2n) is 11.0. The summed E-state index contributed by atoms with van der Waals surface area (Å²) in [6.45, 7) is 11.8. The molecule has 0 saturated carbocycles. The summed E-state index contributed by atoms with van der Waals surface area (Å²) in [5.41, 5.74) is 7.66. The van der Waals surface area contributed by atoms with E-state index in [1.54, 1.807) is 0 Å². The molecule has 3 aromatic heterocycles. The SMILES string of the molecule is CC(=O)/C=C(/C)O.CC(C)c1cc(-c2cc3ccc(-c4[c-]ccc5c4oc4ccccc45)nc3o2)cc(C(C)C)c1.[Ir]. The summed E-state index contributed by atoms with van der Waals surface area (Å²) < 4.78 is 12.5. The maximum Gasteiger partial charge on any atom is 0.217 e. The number of aromatic nitrogens is 1. The summed E-state index contributed by atoms with van der Waals surface area (Å²) in [5, 5.41) is 11.5. The molecule has 0 bridgehead atoms. The van der Waals surface area contributed by atoms with Crippen molar-refractivity contribution < 1.29 is 38.8 Å². The topological polar surface area (TPSA) is 76.5 Å². The van der Waals surface area contributed by atoms with Gasteiger partial charge < -0.3 is 13.9 Å². The van der Waals surface area contributed by atoms with Crippen molar-refractivity contribution in [3.63, 3.8) is 0 Å². The third-order valence-corrected chi connectivity index (χ3v) is 6.99. The first kappa shape index (κ1) is 31.0. The van der Waals surface area contributed by atoms with Crippen molar-refractivity contribution in [2.75, 3.05) is 0 Å². The summed E-state index contributed by atoms with van der Waals surface area (Å²) >= 11 is 0. The Morgan fingerprint density at radius 1 is 0.881 bits per heavy atom. The van der Waals surface area contributed by atoms with Gasteiger partial charge in [-0.3, -0.25) is 9.78 Å². The van der Waals surface area contributed by atoms with Crippen molar-refractivity contribution in [1.82, 2.24) is 4.98 Å². The van der Waals surface area contributed by atoms with Gasteiger partial charge in [-0.2, -0.15) is 0 Å². The minimum atomic E-state index is -0.125. The minimum Gasteiger partial charge on any atom is -0.512 e. The van der Waals surface area contributed by atoms with Crippen LogP contribution in [0.15, 0.2) is 93.5 Å². The number of rotatable bonds is 5. The molecule has 5 nitrogen and oxygen atoms in total. The van der Waals surface area contributed by atoms with E-state index in [2.05, 4.69) is 70.2 Å². The Hall–Kier alpha value is -3.99. The van der Waals surface area contributed by atoms with Crippen LogP contribution in [0.2, 0.25) is 0 Å². The van der Waals surface area contributed by atoms with Crippen molar-refractivity contribution in [2.24, 2.45) is 0 Å². The number of para-hydroxylation sites is 1. The van der Waals surface area contributed by atoms with Gasteiger partial charge in [0.2, 0.25) is 5.71 Å². The van der Waals surface area contributed by atoms with Crippen molar-refractivity contribution >= 4 is 38.8 Å². The molecule has 0 amide bonds. The van der Waals surface area contributed by atoms with Crippen LogP contribution >= 0.6 is 0 Å². The summed E-state index contributed by atoms with van der Waals surface area (Å²) in [7, 11) is 0. The Morgan fingerprint density at radius 2 is 1.57 bits per heavy atom. The molecule has 6 aromatic rings. The average Bonchev–Trinajstić information content (AvgIpc) is 3.53. The van der Waals surface area contributed by atoms with Crippen LogP contribution in [-0.2, 0) is 24.9 Å². The van der Waals surface area contributed by atoms with E-state index >= 15 is 0 Å². The molecule has 3 heterocycles. The predicted octanol–water partition coefficient (Wildman–Crippen LogP) is 10.1. The van der Waals surface area contributed by atoms with Gasteiger partial charge in [0.15, 0.2) is 5.78 Å². The third-order valence-electron chi connectivity index (χ3n) is 6.99. The van der Waals surface area contributed by atoms with Gasteiger partial charge in [0.1, 0.15) is 11.3 Å². The first-order valence-electron chi connectivity index (χ1n) is 13.9. The number of aliphatic hydroxyl groups is 1. The zero-order chi connectivity index (χ0) is 29.3. The van der Waals surface area contributed by atoms with Gasteiger partial charge >= 0.3 is 0 Å². The molecule has 0 atom stereocenters. The zero-order valence-electron chi connectivity index (χ0n) is 24.6. The number of carbonyl (C=O) groups excluding carboxylic acids is 1. The molecule has 1 radical (unpaired) electrons. The molecule has 217 valence electrons. The Balaban J connectivity index is 0.000000454. The van der Waals surface area contributed by atoms with E-state index in [0.29, 0.717) is 17.5 Å². The second kappa shape index (κ2) is 12.9. The number of ketones is 1. The number of furan rings is 2. The number of hydrogen-bond acceptors (Lipinski definition) is 5. The Kier molecular flexibility index (Phi) is 9.50. The molecular weight excluding hydrogens is 703 g/mol. The minimum absolute atomic E-state index is 0. The largest absolute Gasteiger partial charge is 0.512 e. The normalized spacial score (nSPS) is 11.7. The number of nitrogens with zero attached hydrogens (tertiary/aromatic N) is 1. The fraction of sp³-hybridized carbons (Fsp3) is 0.222. The molecule has 3 aromatic carbocycles. The standard InChI is InChI=1S/C31H26NO2.C5H8O2.Ir/c1-18(2)21-14-22(19(3)4)16-23(15-21)29-17-20-12-13-27(32-31(20)34-29)26-10-7-9-25-24-8-5-6-11-28(24)33-30(25)26;1-4(6)3-5(2)7;/h5-9,11-19H,1-4H3;3,6H,1-2H3;/q-1;;/b;4-3-;. The van der Waals surface area contributed by atoms with Crippen molar-refractivity contribution in [3.8, 4) is 22.6 Å². The van der Waals surface area contributed by atoms with Gasteiger partial charge in [0.05, 0.1) is 11.3 Å². The Bertz CT molecular complexity index is 1880. The monoisotopic (exact) mass is 737 g/mol. The van der Waals surface area contributed by atoms with E-state index in [9.17, 15) is 4.79 Å². The maximum atomic E-state index is 10.0. The molecule has 1 N–H and O–H groups in total. The Labute approximate surface area is 259 Å². The first-order valence-corrected chi connectivity index (χ1v) is 13.9. The first-order chi connectivity index (χ1) is 19.6. The average molecular weight is 737 g/mol. The molecule has 0 aliphatic rings. The quantitative estimate of drug-likeness (QED) is 0.108. The van der Waals surface area contributed by atoms with Gasteiger partial charge in [0.25, 0.3) is 0 Å². The number of carbonyl (C=O) groups is 1. The van der Waals surface area contributed by atoms with Crippen LogP contribution in [0.25, 0.3) is 55.6 Å². The van der Waals surface area contributed by atoms with E-state index < -0.39 is 0 Å². The van der Waals surface area contributed by atoms with Crippen molar-refractivity contribution in [2.45, 2.75) is 53.4 Å². The summed E-state index contributed by atoms with van der Waals surface area (Å²) in [4.78, 5) is 14.9. The molecular formula is C36H34IrNO4-. The fourth-order valence-corrected chi connectivity index (χ4v) is 4.86. The molecule has 42 heavy (non-hydrogen) atoms. The fourth-order valence-electron chi connectivity index (χ4n) is 4.86. The zero-order valence-corrected chi connectivity index (χ0v) is 27.0. The maximum absolute atomic E-state index is 10.0. The van der Waals surface area contributed by atoms with Gasteiger partial charge in [0, 0.05) is 42.5 Å². The van der Waals surface area contributed by atoms with Crippen molar-refractivity contribution in [3.05, 3.63) is 102 Å². The van der Waals surface area contributed by atoms with E-state index in [1.165, 1.54) is 31.1 Å². The van der Waals surface area contributed by atoms with Crippen molar-refractivity contribution in [1.29, 1.82) is 0 Å². The van der Waals surface area contributed by atoms with Crippen LogP contribution in [0.1, 0.15) is 64.5 Å². The smallest absolute Gasteiger partial charge is 0.217 e. The molecule has 6 heteroatoms. The van der Waals surface area contributed by atoms with Crippen LogP contribution in [0, 0.1) is 6.07 Å². The summed E-state index contributed by atoms with van der Waals surface area (Å²) in [6, 6.07) is 28.3. The van der Waals surface area contributed by atoms with E-state index in [-0.39, 0.29) is 31.6 Å². The number of aliphatic hydroxyl groups excluding tert-OH is 1. The molecule has 6 rings (SSSR count). The van der Waals surface area contributed by atoms with Gasteiger partial charge in [-0.25, -0.2) is 0 Å². The third kappa shape index (κ3) is 6.56. The number of pyridine rings is 1. The Morgan fingerprint density at radius 3 is 2.19 bits per heavy atom. The number of allylic oxidation sites excluding steroid dienone is 2. The summed E-state index contributed by atoms with van der Waals surface area (Å²) in [5.74, 6) is 1.68. The van der Waals surface area contributed by atoms with Gasteiger partial charge in [-0.05, 0) is 66.8 Å². The van der Waals surface area contributed by atoms with E-state index in [1.807, 2.05) is 36.4 Å². The summed E-state index contributed by atoms with van der Waals surface area (Å²) in [6.07, 6.45) is 1.17. The van der Waals surface area contributed by atoms with Crippen LogP contribution in [0.3, 0.4) is 0 Å². The van der Waals surface area contributed by atoms with Crippen LogP contribution in [-0.4, -0.2) is 15.9 Å². The second-order valence-corrected chi connectivity index (χ2v) is 11.0. The number of fused-ring (bicyclic) bond motifs is 4. The van der Waals surface area contributed by atoms with Gasteiger partial charge in [-0.15, -0.1) is 18.2 Å². The van der Waals surface area contributed by atoms with Crippen LogP contribution < -0.4 is 0 Å².